The van der Waals surface area contributed by atoms with E-state index >= 15 is 0 Å². The van der Waals surface area contributed by atoms with Gasteiger partial charge in [-0.25, -0.2) is 0 Å². The third kappa shape index (κ3) is 8.68. The molecule has 0 bridgehead atoms. The number of amides is 2. The lowest BCUT2D eigenvalue weighted by Crippen LogP contribution is -2.29. The van der Waals surface area contributed by atoms with Gasteiger partial charge >= 0.3 is 0 Å². The van der Waals surface area contributed by atoms with Gasteiger partial charge in [0, 0.05) is 19.7 Å². The molecule has 0 aromatic carbocycles. The minimum Gasteiger partial charge on any atom is -0.394 e. The quantitative estimate of drug-likeness (QED) is 0.126. The lowest BCUT2D eigenvalue weighted by molar-refractivity contribution is -0.121. The van der Waals surface area contributed by atoms with E-state index in [-0.39, 0.29) is 37.2 Å². The molecular weight excluding hydrogens is 350 g/mol. The topological polar surface area (TPSA) is 143 Å². The van der Waals surface area contributed by atoms with Crippen LogP contribution in [0.3, 0.4) is 0 Å². The Morgan fingerprint density at radius 2 is 2.22 bits per heavy atom. The van der Waals surface area contributed by atoms with Crippen LogP contribution in [0.2, 0.25) is 0 Å². The van der Waals surface area contributed by atoms with Crippen LogP contribution < -0.4 is 16.8 Å². The van der Waals surface area contributed by atoms with Gasteiger partial charge in [0.25, 0.3) is 0 Å². The zero-order chi connectivity index (χ0) is 20.1. The van der Waals surface area contributed by atoms with Crippen molar-refractivity contribution in [2.75, 3.05) is 26.7 Å². The maximum Gasteiger partial charge on any atom is 0.234 e. The van der Waals surface area contributed by atoms with Crippen molar-refractivity contribution in [3.63, 3.8) is 0 Å². The minimum absolute atomic E-state index is 0.0182. The summed E-state index contributed by atoms with van der Waals surface area (Å²) in [7, 11) is 1.79. The molecule has 1 fully saturated rings. The lowest BCUT2D eigenvalue weighted by atomic mass is 10.2. The van der Waals surface area contributed by atoms with Crippen molar-refractivity contribution in [3.8, 4) is 11.8 Å². The number of hydrogen-bond donors (Lipinski definition) is 4. The molecule has 9 heteroatoms. The molecule has 27 heavy (non-hydrogen) atoms. The number of nitrogens with zero attached hydrogens (tertiary/aromatic N) is 2. The van der Waals surface area contributed by atoms with Crippen molar-refractivity contribution in [1.29, 1.82) is 0 Å². The monoisotopic (exact) mass is 379 g/mol. The van der Waals surface area contributed by atoms with Crippen molar-refractivity contribution in [3.05, 3.63) is 11.8 Å². The van der Waals surface area contributed by atoms with Gasteiger partial charge in [-0.05, 0) is 32.2 Å². The zero-order valence-electron chi connectivity index (χ0n) is 15.7. The Labute approximate surface area is 159 Å². The molecule has 1 aliphatic heterocycles. The molecular formula is C18H29N5O4. The second-order valence-electron chi connectivity index (χ2n) is 6.12. The molecule has 2 atom stereocenters. The molecule has 2 unspecified atom stereocenters. The summed E-state index contributed by atoms with van der Waals surface area (Å²) in [4.78, 5) is 27.6. The van der Waals surface area contributed by atoms with Gasteiger partial charge in [-0.3, -0.25) is 9.59 Å². The highest BCUT2D eigenvalue weighted by atomic mass is 16.5. The average molecular weight is 379 g/mol. The molecule has 1 saturated heterocycles. The van der Waals surface area contributed by atoms with Crippen LogP contribution in [-0.2, 0) is 14.3 Å². The summed E-state index contributed by atoms with van der Waals surface area (Å²) < 4.78 is 5.68. The number of aliphatic imine (C=N–C) groups is 1. The number of amidine groups is 1. The molecule has 150 valence electrons. The first-order chi connectivity index (χ1) is 13.0. The second kappa shape index (κ2) is 12.9. The highest BCUT2D eigenvalue weighted by Gasteiger charge is 2.26. The SMILES string of the molecule is CN(/C=C(/C#CCNC(=O)CCCCN)C(N)=NC=O)C1CCC(CO)O1. The maximum absolute atomic E-state index is 11.6. The predicted molar refractivity (Wildman–Crippen MR) is 102 cm³/mol. The molecule has 1 rings (SSSR count). The van der Waals surface area contributed by atoms with Gasteiger partial charge in [-0.1, -0.05) is 11.8 Å². The lowest BCUT2D eigenvalue weighted by Gasteiger charge is -2.23. The molecule has 1 aliphatic rings. The first kappa shape index (κ1) is 22.6. The molecule has 0 spiro atoms. The summed E-state index contributed by atoms with van der Waals surface area (Å²) in [5, 5.41) is 11.9. The summed E-state index contributed by atoms with van der Waals surface area (Å²) in [6, 6.07) is 0. The van der Waals surface area contributed by atoms with Gasteiger partial charge in [0.05, 0.1) is 24.8 Å². The standard InChI is InChI=1S/C18H29N5O4/c1-23(17-8-7-15(12-24)27-17)11-14(18(20)22-13-25)5-4-10-21-16(26)6-2-3-9-19/h11,13,15,17,24H,2-3,6-10,12,19H2,1H3,(H,21,26)(H2,20,22,25)/b14-11-. The fourth-order valence-corrected chi connectivity index (χ4v) is 2.50. The Balaban J connectivity index is 2.69. The van der Waals surface area contributed by atoms with Gasteiger partial charge in [0.15, 0.2) is 0 Å². The van der Waals surface area contributed by atoms with Crippen molar-refractivity contribution < 1.29 is 19.4 Å². The number of aliphatic hydroxyl groups is 1. The zero-order valence-corrected chi connectivity index (χ0v) is 15.7. The normalized spacial score (nSPS) is 20.0. The first-order valence-corrected chi connectivity index (χ1v) is 8.94. The highest BCUT2D eigenvalue weighted by Crippen LogP contribution is 2.22. The van der Waals surface area contributed by atoms with Crippen LogP contribution in [0.15, 0.2) is 16.8 Å². The molecule has 6 N–H and O–H groups in total. The fraction of sp³-hybridized carbons (Fsp3) is 0.611. The Hall–Kier alpha value is -2.41. The van der Waals surface area contributed by atoms with Crippen LogP contribution in [0.1, 0.15) is 32.1 Å². The molecule has 9 nitrogen and oxygen atoms in total. The molecule has 0 saturated carbocycles. The highest BCUT2D eigenvalue weighted by molar-refractivity contribution is 6.03. The van der Waals surface area contributed by atoms with E-state index in [1.807, 2.05) is 0 Å². The Kier molecular flexibility index (Phi) is 10.8. The van der Waals surface area contributed by atoms with Crippen LogP contribution in [0, 0.1) is 11.8 Å². The summed E-state index contributed by atoms with van der Waals surface area (Å²) in [6.45, 7) is 0.692. The molecule has 0 aromatic heterocycles. The average Bonchev–Trinajstić information content (AvgIpc) is 3.14. The Bertz CT molecular complexity index is 609. The van der Waals surface area contributed by atoms with Gasteiger partial charge < -0.3 is 31.5 Å². The summed E-state index contributed by atoms with van der Waals surface area (Å²) in [5.41, 5.74) is 11.5. The number of hydrogen-bond acceptors (Lipinski definition) is 6. The number of rotatable bonds is 10. The predicted octanol–water partition coefficient (Wildman–Crippen LogP) is -0.938. The number of ether oxygens (including phenoxy) is 1. The Morgan fingerprint density at radius 1 is 1.44 bits per heavy atom. The number of nitrogens with two attached hydrogens (primary N) is 2. The number of nitrogens with one attached hydrogen (secondary N) is 1. The van der Waals surface area contributed by atoms with Crippen LogP contribution in [0.25, 0.3) is 0 Å². The van der Waals surface area contributed by atoms with Crippen LogP contribution >= 0.6 is 0 Å². The minimum atomic E-state index is -0.217. The van der Waals surface area contributed by atoms with Gasteiger partial charge in [-0.15, -0.1) is 0 Å². The molecule has 0 radical (unpaired) electrons. The third-order valence-electron chi connectivity index (χ3n) is 4.00. The molecule has 0 aliphatic carbocycles. The van der Waals surface area contributed by atoms with Crippen LogP contribution in [0.4, 0.5) is 0 Å². The second-order valence-corrected chi connectivity index (χ2v) is 6.12. The van der Waals surface area contributed by atoms with Crippen molar-refractivity contribution in [2.45, 2.75) is 44.4 Å². The Morgan fingerprint density at radius 3 is 2.85 bits per heavy atom. The molecule has 2 amide bonds. The van der Waals surface area contributed by atoms with E-state index in [1.54, 1.807) is 18.1 Å². The summed E-state index contributed by atoms with van der Waals surface area (Å²) in [6.07, 6.45) is 5.04. The van der Waals surface area contributed by atoms with Crippen molar-refractivity contribution in [1.82, 2.24) is 10.2 Å². The number of unbranched alkanes of at least 4 members (excludes halogenated alkanes) is 1. The first-order valence-electron chi connectivity index (χ1n) is 8.94. The van der Waals surface area contributed by atoms with Crippen LogP contribution in [0.5, 0.6) is 0 Å². The van der Waals surface area contributed by atoms with Gasteiger partial charge in [-0.2, -0.15) is 4.99 Å². The summed E-state index contributed by atoms with van der Waals surface area (Å²) in [5.74, 6) is 5.51. The van der Waals surface area contributed by atoms with E-state index in [0.717, 1.165) is 25.7 Å². The van der Waals surface area contributed by atoms with E-state index < -0.39 is 0 Å². The van der Waals surface area contributed by atoms with Gasteiger partial charge in [0.1, 0.15) is 12.1 Å². The van der Waals surface area contributed by atoms with E-state index in [2.05, 4.69) is 22.2 Å². The van der Waals surface area contributed by atoms with E-state index in [1.165, 1.54) is 0 Å². The summed E-state index contributed by atoms with van der Waals surface area (Å²) >= 11 is 0. The van der Waals surface area contributed by atoms with E-state index in [4.69, 9.17) is 21.3 Å². The van der Waals surface area contributed by atoms with Crippen LogP contribution in [-0.4, -0.2) is 67.2 Å². The maximum atomic E-state index is 11.6. The smallest absolute Gasteiger partial charge is 0.234 e. The van der Waals surface area contributed by atoms with E-state index in [0.29, 0.717) is 24.9 Å². The van der Waals surface area contributed by atoms with Crippen molar-refractivity contribution >= 4 is 18.2 Å². The molecule has 1 heterocycles. The van der Waals surface area contributed by atoms with Crippen molar-refractivity contribution in [2.24, 2.45) is 16.5 Å². The van der Waals surface area contributed by atoms with E-state index in [9.17, 15) is 9.59 Å². The third-order valence-corrected chi connectivity index (χ3v) is 4.00. The number of carbonyl (C=O) groups is 2. The van der Waals surface area contributed by atoms with Gasteiger partial charge in [0.2, 0.25) is 12.3 Å². The number of carbonyl (C=O) groups excluding carboxylic acids is 2. The fourth-order valence-electron chi connectivity index (χ4n) is 2.50. The largest absolute Gasteiger partial charge is 0.394 e. The molecule has 0 aromatic rings. The number of aliphatic hydroxyl groups excluding tert-OH is 1.